The minimum absolute atomic E-state index is 0.0932. The summed E-state index contributed by atoms with van der Waals surface area (Å²) in [4.78, 5) is 17.5. The molecule has 2 aromatic carbocycles. The first-order valence-electron chi connectivity index (χ1n) is 9.69. The minimum Gasteiger partial charge on any atom is -0.497 e. The average Bonchev–Trinajstić information content (AvgIpc) is 2.66. The van der Waals surface area contributed by atoms with Gasteiger partial charge in [0, 0.05) is 23.2 Å². The van der Waals surface area contributed by atoms with E-state index in [2.05, 4.69) is 43.2 Å². The number of nitrogens with one attached hydrogen (secondary N) is 1. The summed E-state index contributed by atoms with van der Waals surface area (Å²) in [5.74, 6) is 1.13. The molecule has 0 radical (unpaired) electrons. The number of ether oxygens (including phenoxy) is 1. The topological polar surface area (TPSA) is 51.2 Å². The number of rotatable bonds is 7. The SMILES string of the molecule is COc1ccc2cc(C(=O)NC(C)(Cc3ccccc3)CC(C)C)cnc2c1. The molecule has 0 saturated carbocycles. The number of carbonyl (C=O) groups is 1. The number of pyridine rings is 1. The molecule has 1 atom stereocenters. The third-order valence-electron chi connectivity index (χ3n) is 4.86. The van der Waals surface area contributed by atoms with Crippen LogP contribution in [0.4, 0.5) is 0 Å². The van der Waals surface area contributed by atoms with Gasteiger partial charge in [0.2, 0.25) is 0 Å². The second kappa shape index (κ2) is 8.42. The van der Waals surface area contributed by atoms with Crippen LogP contribution in [0.2, 0.25) is 0 Å². The Bertz CT molecular complexity index is 953. The number of aromatic nitrogens is 1. The number of amides is 1. The molecule has 1 heterocycles. The number of hydrogen-bond donors (Lipinski definition) is 1. The Morgan fingerprint density at radius 2 is 1.89 bits per heavy atom. The molecular formula is C24H28N2O2. The Labute approximate surface area is 166 Å². The van der Waals surface area contributed by atoms with Gasteiger partial charge in [0.25, 0.3) is 5.91 Å². The number of benzene rings is 2. The summed E-state index contributed by atoms with van der Waals surface area (Å²) in [7, 11) is 1.63. The Morgan fingerprint density at radius 3 is 2.57 bits per heavy atom. The number of hydrogen-bond acceptors (Lipinski definition) is 3. The number of methoxy groups -OCH3 is 1. The van der Waals surface area contributed by atoms with Crippen LogP contribution in [0.3, 0.4) is 0 Å². The molecule has 28 heavy (non-hydrogen) atoms. The van der Waals surface area contributed by atoms with Gasteiger partial charge < -0.3 is 10.1 Å². The molecule has 0 fully saturated rings. The second-order valence-electron chi connectivity index (χ2n) is 8.06. The number of carbonyl (C=O) groups excluding carboxylic acids is 1. The van der Waals surface area contributed by atoms with Gasteiger partial charge in [-0.05, 0) is 49.4 Å². The van der Waals surface area contributed by atoms with E-state index in [1.54, 1.807) is 13.3 Å². The van der Waals surface area contributed by atoms with Crippen LogP contribution in [0.5, 0.6) is 5.75 Å². The quantitative estimate of drug-likeness (QED) is 0.630. The maximum absolute atomic E-state index is 13.0. The van der Waals surface area contributed by atoms with E-state index >= 15 is 0 Å². The average molecular weight is 377 g/mol. The van der Waals surface area contributed by atoms with Crippen molar-refractivity contribution in [1.29, 1.82) is 0 Å². The van der Waals surface area contributed by atoms with Crippen molar-refractivity contribution in [3.8, 4) is 5.75 Å². The van der Waals surface area contributed by atoms with Gasteiger partial charge in [0.15, 0.2) is 0 Å². The molecule has 0 spiro atoms. The highest BCUT2D eigenvalue weighted by molar-refractivity contribution is 5.97. The summed E-state index contributed by atoms with van der Waals surface area (Å²) in [6.45, 7) is 6.48. The normalized spacial score (nSPS) is 13.3. The smallest absolute Gasteiger partial charge is 0.253 e. The molecule has 0 aliphatic rings. The molecule has 4 nitrogen and oxygen atoms in total. The fourth-order valence-corrected chi connectivity index (χ4v) is 3.81. The van der Waals surface area contributed by atoms with E-state index in [0.29, 0.717) is 11.5 Å². The van der Waals surface area contributed by atoms with Crippen LogP contribution >= 0.6 is 0 Å². The standard InChI is InChI=1S/C24H28N2O2/c1-17(2)14-24(3,15-18-8-6-5-7-9-18)26-23(27)20-12-19-10-11-21(28-4)13-22(19)25-16-20/h5-13,16-17H,14-15H2,1-4H3,(H,26,27). The van der Waals surface area contributed by atoms with Crippen molar-refractivity contribution in [1.82, 2.24) is 10.3 Å². The van der Waals surface area contributed by atoms with Crippen molar-refractivity contribution >= 4 is 16.8 Å². The van der Waals surface area contributed by atoms with E-state index < -0.39 is 0 Å². The third-order valence-corrected chi connectivity index (χ3v) is 4.86. The van der Waals surface area contributed by atoms with Crippen molar-refractivity contribution in [2.45, 2.75) is 39.2 Å². The summed E-state index contributed by atoms with van der Waals surface area (Å²) in [5.41, 5.74) is 2.27. The molecular weight excluding hydrogens is 348 g/mol. The molecule has 3 aromatic rings. The molecule has 1 amide bonds. The third kappa shape index (κ3) is 4.89. The van der Waals surface area contributed by atoms with Crippen molar-refractivity contribution in [3.05, 3.63) is 71.9 Å². The first kappa shape index (κ1) is 19.9. The van der Waals surface area contributed by atoms with E-state index in [0.717, 1.165) is 29.5 Å². The van der Waals surface area contributed by atoms with Crippen molar-refractivity contribution in [3.63, 3.8) is 0 Å². The lowest BCUT2D eigenvalue weighted by atomic mass is 9.84. The van der Waals surface area contributed by atoms with E-state index in [1.807, 2.05) is 42.5 Å². The highest BCUT2D eigenvalue weighted by Gasteiger charge is 2.28. The lowest BCUT2D eigenvalue weighted by molar-refractivity contribution is 0.0894. The summed E-state index contributed by atoms with van der Waals surface area (Å²) in [6.07, 6.45) is 3.32. The molecule has 4 heteroatoms. The summed E-state index contributed by atoms with van der Waals surface area (Å²) in [6, 6.07) is 17.9. The zero-order valence-electron chi connectivity index (χ0n) is 17.0. The van der Waals surface area contributed by atoms with Crippen LogP contribution in [0.1, 0.15) is 43.1 Å². The van der Waals surface area contributed by atoms with Crippen molar-refractivity contribution in [2.75, 3.05) is 7.11 Å². The Balaban J connectivity index is 1.83. The van der Waals surface area contributed by atoms with Gasteiger partial charge in [0.1, 0.15) is 5.75 Å². The summed E-state index contributed by atoms with van der Waals surface area (Å²) in [5, 5.41) is 4.19. The van der Waals surface area contributed by atoms with Crippen LogP contribution in [0, 0.1) is 5.92 Å². The fraction of sp³-hybridized carbons (Fsp3) is 0.333. The van der Waals surface area contributed by atoms with Gasteiger partial charge in [-0.15, -0.1) is 0 Å². The highest BCUT2D eigenvalue weighted by atomic mass is 16.5. The molecule has 0 bridgehead atoms. The predicted molar refractivity (Wildman–Crippen MR) is 114 cm³/mol. The zero-order chi connectivity index (χ0) is 20.1. The van der Waals surface area contributed by atoms with Crippen molar-refractivity contribution < 1.29 is 9.53 Å². The number of nitrogens with zero attached hydrogens (tertiary/aromatic N) is 1. The molecule has 1 N–H and O–H groups in total. The maximum Gasteiger partial charge on any atom is 0.253 e. The molecule has 3 rings (SSSR count). The maximum atomic E-state index is 13.0. The van der Waals surface area contributed by atoms with Crippen molar-refractivity contribution in [2.24, 2.45) is 5.92 Å². The van der Waals surface area contributed by atoms with Gasteiger partial charge in [-0.2, -0.15) is 0 Å². The molecule has 1 aromatic heterocycles. The van der Waals surface area contributed by atoms with Gasteiger partial charge in [-0.3, -0.25) is 9.78 Å². The second-order valence-corrected chi connectivity index (χ2v) is 8.06. The Kier molecular flexibility index (Phi) is 5.98. The van der Waals surface area contributed by atoms with Crippen LogP contribution in [0.25, 0.3) is 10.9 Å². The highest BCUT2D eigenvalue weighted by Crippen LogP contribution is 2.24. The predicted octanol–water partition coefficient (Wildman–Crippen LogP) is 5.02. The monoisotopic (exact) mass is 376 g/mol. The molecule has 0 aliphatic carbocycles. The van der Waals surface area contributed by atoms with Crippen LogP contribution in [-0.2, 0) is 6.42 Å². The lowest BCUT2D eigenvalue weighted by Crippen LogP contribution is -2.48. The Hall–Kier alpha value is -2.88. The summed E-state index contributed by atoms with van der Waals surface area (Å²) >= 11 is 0. The van der Waals surface area contributed by atoms with Gasteiger partial charge in [-0.25, -0.2) is 0 Å². The largest absolute Gasteiger partial charge is 0.497 e. The van der Waals surface area contributed by atoms with Crippen LogP contribution in [-0.4, -0.2) is 23.5 Å². The molecule has 0 aliphatic heterocycles. The number of fused-ring (bicyclic) bond motifs is 1. The van der Waals surface area contributed by atoms with E-state index in [4.69, 9.17) is 4.74 Å². The van der Waals surface area contributed by atoms with Gasteiger partial charge in [0.05, 0.1) is 18.2 Å². The van der Waals surface area contributed by atoms with Gasteiger partial charge in [-0.1, -0.05) is 44.2 Å². The summed E-state index contributed by atoms with van der Waals surface area (Å²) < 4.78 is 5.24. The first-order valence-corrected chi connectivity index (χ1v) is 9.69. The van der Waals surface area contributed by atoms with E-state index in [9.17, 15) is 4.79 Å². The zero-order valence-corrected chi connectivity index (χ0v) is 17.0. The van der Waals surface area contributed by atoms with E-state index in [-0.39, 0.29) is 11.4 Å². The molecule has 0 saturated heterocycles. The minimum atomic E-state index is -0.332. The fourth-order valence-electron chi connectivity index (χ4n) is 3.81. The Morgan fingerprint density at radius 1 is 1.14 bits per heavy atom. The molecule has 146 valence electrons. The lowest BCUT2D eigenvalue weighted by Gasteiger charge is -2.33. The van der Waals surface area contributed by atoms with Crippen LogP contribution < -0.4 is 10.1 Å². The molecule has 1 unspecified atom stereocenters. The van der Waals surface area contributed by atoms with Gasteiger partial charge >= 0.3 is 0 Å². The first-order chi connectivity index (χ1) is 13.4. The van der Waals surface area contributed by atoms with Crippen LogP contribution in [0.15, 0.2) is 60.8 Å². The van der Waals surface area contributed by atoms with E-state index in [1.165, 1.54) is 5.56 Å².